The van der Waals surface area contributed by atoms with Crippen LogP contribution in [-0.4, -0.2) is 19.2 Å². The summed E-state index contributed by atoms with van der Waals surface area (Å²) in [5.74, 6) is 0.685. The summed E-state index contributed by atoms with van der Waals surface area (Å²) in [6.07, 6.45) is 5.86. The van der Waals surface area contributed by atoms with Crippen molar-refractivity contribution in [3.8, 4) is 5.75 Å². The first kappa shape index (κ1) is 13.7. The predicted octanol–water partition coefficient (Wildman–Crippen LogP) is 3.46. The zero-order valence-electron chi connectivity index (χ0n) is 11.7. The molecule has 19 heavy (non-hydrogen) atoms. The van der Waals surface area contributed by atoms with Gasteiger partial charge in [0.05, 0.1) is 12.8 Å². The molecule has 1 aliphatic rings. The average Bonchev–Trinajstić information content (AvgIpc) is 2.40. The van der Waals surface area contributed by atoms with Gasteiger partial charge in [-0.1, -0.05) is 25.3 Å². The summed E-state index contributed by atoms with van der Waals surface area (Å²) >= 11 is 0. The molecule has 0 heterocycles. The molecular formula is C15H22N2O2. The van der Waals surface area contributed by atoms with E-state index in [9.17, 15) is 4.79 Å². The van der Waals surface area contributed by atoms with Gasteiger partial charge in [0.25, 0.3) is 0 Å². The Hall–Kier alpha value is -1.71. The number of urea groups is 1. The number of carbonyl (C=O) groups is 1. The molecule has 0 aliphatic heterocycles. The highest BCUT2D eigenvalue weighted by Gasteiger charge is 2.16. The molecule has 0 radical (unpaired) electrons. The molecule has 2 rings (SSSR count). The summed E-state index contributed by atoms with van der Waals surface area (Å²) in [5, 5.41) is 5.91. The lowest BCUT2D eigenvalue weighted by atomic mass is 9.96. The van der Waals surface area contributed by atoms with Crippen LogP contribution in [0.1, 0.15) is 37.7 Å². The number of anilines is 1. The Morgan fingerprint density at radius 3 is 2.68 bits per heavy atom. The summed E-state index contributed by atoms with van der Waals surface area (Å²) < 4.78 is 5.25. The standard InChI is InChI=1S/C15H22N2O2/c1-11-8-9-14(19-2)13(10-11)17-15(18)16-12-6-4-3-5-7-12/h8-10,12H,3-7H2,1-2H3,(H2,16,17,18). The number of ether oxygens (including phenoxy) is 1. The van der Waals surface area contributed by atoms with Crippen LogP contribution in [0.25, 0.3) is 0 Å². The molecule has 2 amide bonds. The SMILES string of the molecule is COc1ccc(C)cc1NC(=O)NC1CCCCC1. The number of benzene rings is 1. The highest BCUT2D eigenvalue weighted by atomic mass is 16.5. The Kier molecular flexibility index (Phi) is 4.66. The molecule has 1 fully saturated rings. The second kappa shape index (κ2) is 6.45. The molecule has 0 unspecified atom stereocenters. The van der Waals surface area contributed by atoms with Crippen LogP contribution in [0.2, 0.25) is 0 Å². The van der Waals surface area contributed by atoms with Gasteiger partial charge in [0.2, 0.25) is 0 Å². The van der Waals surface area contributed by atoms with E-state index in [2.05, 4.69) is 10.6 Å². The summed E-state index contributed by atoms with van der Waals surface area (Å²) in [6.45, 7) is 1.99. The molecular weight excluding hydrogens is 240 g/mol. The predicted molar refractivity (Wildman–Crippen MR) is 76.8 cm³/mol. The van der Waals surface area contributed by atoms with Crippen molar-refractivity contribution in [2.45, 2.75) is 45.1 Å². The van der Waals surface area contributed by atoms with Crippen LogP contribution in [0.3, 0.4) is 0 Å². The smallest absolute Gasteiger partial charge is 0.319 e. The summed E-state index contributed by atoms with van der Waals surface area (Å²) in [5.41, 5.74) is 1.81. The van der Waals surface area contributed by atoms with Crippen molar-refractivity contribution in [1.29, 1.82) is 0 Å². The van der Waals surface area contributed by atoms with Crippen LogP contribution in [0.15, 0.2) is 18.2 Å². The number of aryl methyl sites for hydroxylation is 1. The van der Waals surface area contributed by atoms with Gasteiger partial charge in [0.1, 0.15) is 5.75 Å². The Labute approximate surface area is 114 Å². The Morgan fingerprint density at radius 2 is 2.00 bits per heavy atom. The van der Waals surface area contributed by atoms with E-state index in [1.165, 1.54) is 19.3 Å². The fourth-order valence-corrected chi connectivity index (χ4v) is 2.51. The zero-order chi connectivity index (χ0) is 13.7. The van der Waals surface area contributed by atoms with Crippen LogP contribution in [0, 0.1) is 6.92 Å². The zero-order valence-corrected chi connectivity index (χ0v) is 11.7. The third kappa shape index (κ3) is 3.88. The Balaban J connectivity index is 1.95. The fraction of sp³-hybridized carbons (Fsp3) is 0.533. The van der Waals surface area contributed by atoms with E-state index in [-0.39, 0.29) is 6.03 Å². The van der Waals surface area contributed by atoms with Crippen LogP contribution in [0.5, 0.6) is 5.75 Å². The Bertz CT molecular complexity index is 440. The molecule has 1 aromatic carbocycles. The molecule has 0 bridgehead atoms. The number of methoxy groups -OCH3 is 1. The average molecular weight is 262 g/mol. The van der Waals surface area contributed by atoms with Crippen molar-refractivity contribution in [3.63, 3.8) is 0 Å². The first-order chi connectivity index (χ1) is 9.19. The Morgan fingerprint density at radius 1 is 1.26 bits per heavy atom. The van der Waals surface area contributed by atoms with Gasteiger partial charge in [-0.25, -0.2) is 4.79 Å². The van der Waals surface area contributed by atoms with E-state index >= 15 is 0 Å². The minimum Gasteiger partial charge on any atom is -0.495 e. The normalized spacial score (nSPS) is 15.9. The first-order valence-electron chi connectivity index (χ1n) is 6.91. The van der Waals surface area contributed by atoms with E-state index < -0.39 is 0 Å². The van der Waals surface area contributed by atoms with Gasteiger partial charge in [0.15, 0.2) is 0 Å². The number of amides is 2. The molecule has 4 heteroatoms. The van der Waals surface area contributed by atoms with Gasteiger partial charge in [-0.05, 0) is 37.5 Å². The molecule has 1 aliphatic carbocycles. The van der Waals surface area contributed by atoms with Crippen LogP contribution < -0.4 is 15.4 Å². The molecule has 1 saturated carbocycles. The van der Waals surface area contributed by atoms with Gasteiger partial charge in [-0.2, -0.15) is 0 Å². The third-order valence-electron chi connectivity index (χ3n) is 3.54. The first-order valence-corrected chi connectivity index (χ1v) is 6.91. The third-order valence-corrected chi connectivity index (χ3v) is 3.54. The molecule has 0 aromatic heterocycles. The molecule has 2 N–H and O–H groups in total. The van der Waals surface area contributed by atoms with Gasteiger partial charge >= 0.3 is 6.03 Å². The number of carbonyl (C=O) groups excluding carboxylic acids is 1. The van der Waals surface area contributed by atoms with Crippen molar-refractivity contribution in [3.05, 3.63) is 23.8 Å². The highest BCUT2D eigenvalue weighted by Crippen LogP contribution is 2.25. The molecule has 0 saturated heterocycles. The van der Waals surface area contributed by atoms with Crippen molar-refractivity contribution < 1.29 is 9.53 Å². The minimum absolute atomic E-state index is 0.143. The lowest BCUT2D eigenvalue weighted by Crippen LogP contribution is -2.39. The molecule has 1 aromatic rings. The van der Waals surface area contributed by atoms with E-state index in [0.717, 1.165) is 24.1 Å². The van der Waals surface area contributed by atoms with Gasteiger partial charge in [-0.3, -0.25) is 0 Å². The minimum atomic E-state index is -0.143. The summed E-state index contributed by atoms with van der Waals surface area (Å²) in [7, 11) is 1.61. The largest absolute Gasteiger partial charge is 0.495 e. The molecule has 4 nitrogen and oxygen atoms in total. The van der Waals surface area contributed by atoms with Crippen molar-refractivity contribution >= 4 is 11.7 Å². The second-order valence-electron chi connectivity index (χ2n) is 5.14. The molecule has 104 valence electrons. The van der Waals surface area contributed by atoms with Crippen molar-refractivity contribution in [2.24, 2.45) is 0 Å². The van der Waals surface area contributed by atoms with Gasteiger partial charge in [-0.15, -0.1) is 0 Å². The van der Waals surface area contributed by atoms with E-state index in [0.29, 0.717) is 11.8 Å². The van der Waals surface area contributed by atoms with Crippen molar-refractivity contribution in [1.82, 2.24) is 5.32 Å². The number of rotatable bonds is 3. The van der Waals surface area contributed by atoms with Crippen molar-refractivity contribution in [2.75, 3.05) is 12.4 Å². The van der Waals surface area contributed by atoms with Crippen LogP contribution >= 0.6 is 0 Å². The highest BCUT2D eigenvalue weighted by molar-refractivity contribution is 5.91. The number of hydrogen-bond donors (Lipinski definition) is 2. The van der Waals surface area contributed by atoms with Gasteiger partial charge in [0, 0.05) is 6.04 Å². The van der Waals surface area contributed by atoms with Crippen LogP contribution in [0.4, 0.5) is 10.5 Å². The monoisotopic (exact) mass is 262 g/mol. The maximum absolute atomic E-state index is 12.0. The maximum atomic E-state index is 12.0. The lowest BCUT2D eigenvalue weighted by Gasteiger charge is -2.23. The van der Waals surface area contributed by atoms with E-state index in [4.69, 9.17) is 4.74 Å². The molecule has 0 spiro atoms. The quantitative estimate of drug-likeness (QED) is 0.876. The number of nitrogens with one attached hydrogen (secondary N) is 2. The fourth-order valence-electron chi connectivity index (χ4n) is 2.51. The lowest BCUT2D eigenvalue weighted by molar-refractivity contribution is 0.244. The van der Waals surface area contributed by atoms with E-state index in [1.807, 2.05) is 25.1 Å². The van der Waals surface area contributed by atoms with E-state index in [1.54, 1.807) is 7.11 Å². The second-order valence-corrected chi connectivity index (χ2v) is 5.14. The number of hydrogen-bond acceptors (Lipinski definition) is 2. The van der Waals surface area contributed by atoms with Gasteiger partial charge < -0.3 is 15.4 Å². The van der Waals surface area contributed by atoms with Crippen LogP contribution in [-0.2, 0) is 0 Å². The maximum Gasteiger partial charge on any atom is 0.319 e. The topological polar surface area (TPSA) is 50.4 Å². The summed E-state index contributed by atoms with van der Waals surface area (Å²) in [4.78, 5) is 12.0. The molecule has 0 atom stereocenters. The summed E-state index contributed by atoms with van der Waals surface area (Å²) in [6, 6.07) is 5.91.